The molecule has 0 radical (unpaired) electrons. The molecule has 1 fully saturated rings. The third kappa shape index (κ3) is 4.88. The first kappa shape index (κ1) is 17.6. The summed E-state index contributed by atoms with van der Waals surface area (Å²) in [4.78, 5) is 23.4. The number of benzene rings is 1. The molecule has 128 valence electrons. The summed E-state index contributed by atoms with van der Waals surface area (Å²) < 4.78 is 15.1. The Morgan fingerprint density at radius 2 is 1.79 bits per heavy atom. The minimum absolute atomic E-state index is 0.303. The van der Waals surface area contributed by atoms with Crippen LogP contribution in [0.3, 0.4) is 0 Å². The Hall–Kier alpha value is -2.75. The summed E-state index contributed by atoms with van der Waals surface area (Å²) in [6.07, 6.45) is 3.07. The van der Waals surface area contributed by atoms with Crippen molar-refractivity contribution in [2.45, 2.75) is 31.2 Å². The topological polar surface area (TPSA) is 97.7 Å². The Labute approximate surface area is 140 Å². The maximum Gasteiger partial charge on any atom is 0.344 e. The zero-order valence-corrected chi connectivity index (χ0v) is 13.5. The molecule has 0 aliphatic heterocycles. The van der Waals surface area contributed by atoms with Gasteiger partial charge in [-0.3, -0.25) is 4.79 Å². The van der Waals surface area contributed by atoms with Crippen molar-refractivity contribution in [1.29, 1.82) is 5.26 Å². The molecule has 0 aromatic heterocycles. The molecule has 1 aliphatic rings. The molecule has 1 aliphatic carbocycles. The highest BCUT2D eigenvalue weighted by molar-refractivity contribution is 5.81. The molecule has 7 heteroatoms. The lowest BCUT2D eigenvalue weighted by Gasteiger charge is -2.21. The molecular formula is C17H20N2O5. The molecule has 24 heavy (non-hydrogen) atoms. The van der Waals surface area contributed by atoms with Gasteiger partial charge in [-0.1, -0.05) is 0 Å². The SMILES string of the molecule is COc1ccc(OCC(=O)OCC(=O)NC2(C#N)CCCC2)cc1. The van der Waals surface area contributed by atoms with E-state index in [4.69, 9.17) is 14.2 Å². The van der Waals surface area contributed by atoms with Crippen LogP contribution >= 0.6 is 0 Å². The fourth-order valence-electron chi connectivity index (χ4n) is 2.55. The van der Waals surface area contributed by atoms with E-state index in [0.717, 1.165) is 12.8 Å². The normalized spacial score (nSPS) is 15.2. The van der Waals surface area contributed by atoms with E-state index in [9.17, 15) is 14.9 Å². The van der Waals surface area contributed by atoms with E-state index in [-0.39, 0.29) is 6.61 Å². The van der Waals surface area contributed by atoms with Crippen molar-refractivity contribution in [2.24, 2.45) is 0 Å². The number of amides is 1. The lowest BCUT2D eigenvalue weighted by Crippen LogP contribution is -2.46. The number of carbonyl (C=O) groups excluding carboxylic acids is 2. The zero-order chi connectivity index (χ0) is 17.4. The van der Waals surface area contributed by atoms with Crippen LogP contribution in [0, 0.1) is 11.3 Å². The molecule has 1 amide bonds. The molecule has 0 heterocycles. The van der Waals surface area contributed by atoms with Crippen molar-refractivity contribution in [3.8, 4) is 17.6 Å². The fourth-order valence-corrected chi connectivity index (χ4v) is 2.55. The van der Waals surface area contributed by atoms with Crippen LogP contribution in [0.4, 0.5) is 0 Å². The molecule has 0 bridgehead atoms. The average Bonchev–Trinajstić information content (AvgIpc) is 3.07. The van der Waals surface area contributed by atoms with Gasteiger partial charge in [-0.2, -0.15) is 5.26 Å². The number of rotatable bonds is 7. The van der Waals surface area contributed by atoms with Crippen LogP contribution in [0.1, 0.15) is 25.7 Å². The van der Waals surface area contributed by atoms with E-state index in [1.807, 2.05) is 0 Å². The van der Waals surface area contributed by atoms with Crippen molar-refractivity contribution in [2.75, 3.05) is 20.3 Å². The number of methoxy groups -OCH3 is 1. The average molecular weight is 332 g/mol. The van der Waals surface area contributed by atoms with Gasteiger partial charge in [0.1, 0.15) is 17.0 Å². The fraction of sp³-hybridized carbons (Fsp3) is 0.471. The van der Waals surface area contributed by atoms with Crippen LogP contribution in [0.15, 0.2) is 24.3 Å². The highest BCUT2D eigenvalue weighted by atomic mass is 16.6. The number of nitrogens with zero attached hydrogens (tertiary/aromatic N) is 1. The Bertz CT molecular complexity index is 615. The third-order valence-electron chi connectivity index (χ3n) is 3.83. The number of nitrogens with one attached hydrogen (secondary N) is 1. The van der Waals surface area contributed by atoms with Crippen LogP contribution in [-0.2, 0) is 14.3 Å². The quantitative estimate of drug-likeness (QED) is 0.761. The van der Waals surface area contributed by atoms with Gasteiger partial charge < -0.3 is 19.5 Å². The van der Waals surface area contributed by atoms with Crippen LogP contribution in [0.5, 0.6) is 11.5 Å². The van der Waals surface area contributed by atoms with Gasteiger partial charge in [0.05, 0.1) is 13.2 Å². The molecule has 1 aromatic carbocycles. The summed E-state index contributed by atoms with van der Waals surface area (Å²) in [5.41, 5.74) is -0.816. The van der Waals surface area contributed by atoms with Crippen molar-refractivity contribution in [1.82, 2.24) is 5.32 Å². The van der Waals surface area contributed by atoms with Gasteiger partial charge >= 0.3 is 5.97 Å². The van der Waals surface area contributed by atoms with Gasteiger partial charge in [0.25, 0.3) is 5.91 Å². The van der Waals surface area contributed by atoms with Crippen LogP contribution in [0.25, 0.3) is 0 Å². The molecule has 1 N–H and O–H groups in total. The Morgan fingerprint density at radius 1 is 1.17 bits per heavy atom. The van der Waals surface area contributed by atoms with E-state index in [1.165, 1.54) is 0 Å². The number of hydrogen-bond donors (Lipinski definition) is 1. The van der Waals surface area contributed by atoms with E-state index in [1.54, 1.807) is 31.4 Å². The first-order valence-electron chi connectivity index (χ1n) is 7.72. The van der Waals surface area contributed by atoms with Crippen molar-refractivity contribution >= 4 is 11.9 Å². The summed E-state index contributed by atoms with van der Waals surface area (Å²) >= 11 is 0. The van der Waals surface area contributed by atoms with E-state index in [2.05, 4.69) is 11.4 Å². The van der Waals surface area contributed by atoms with Crippen LogP contribution in [0.2, 0.25) is 0 Å². The highest BCUT2D eigenvalue weighted by Crippen LogP contribution is 2.28. The van der Waals surface area contributed by atoms with Crippen molar-refractivity contribution < 1.29 is 23.8 Å². The number of hydrogen-bond acceptors (Lipinski definition) is 6. The van der Waals surface area contributed by atoms with Crippen molar-refractivity contribution in [3.63, 3.8) is 0 Å². The third-order valence-corrected chi connectivity index (χ3v) is 3.83. The Balaban J connectivity index is 1.70. The molecule has 0 spiro atoms. The number of nitriles is 1. The lowest BCUT2D eigenvalue weighted by atomic mass is 10.00. The predicted molar refractivity (Wildman–Crippen MR) is 84.4 cm³/mol. The summed E-state index contributed by atoms with van der Waals surface area (Å²) in [5, 5.41) is 11.8. The largest absolute Gasteiger partial charge is 0.497 e. The standard InChI is InChI=1S/C17H20N2O5/c1-22-13-4-6-14(7-5-13)23-11-16(21)24-10-15(20)19-17(12-18)8-2-3-9-17/h4-7H,2-3,8-11H2,1H3,(H,19,20). The number of esters is 1. The van der Waals surface area contributed by atoms with Gasteiger partial charge in [-0.05, 0) is 49.9 Å². The van der Waals surface area contributed by atoms with Gasteiger partial charge in [-0.15, -0.1) is 0 Å². The van der Waals surface area contributed by atoms with Gasteiger partial charge in [0, 0.05) is 0 Å². The summed E-state index contributed by atoms with van der Waals surface area (Å²) in [6.45, 7) is -0.725. The Kier molecular flexibility index (Phi) is 6.01. The van der Waals surface area contributed by atoms with Crippen molar-refractivity contribution in [3.05, 3.63) is 24.3 Å². The zero-order valence-electron chi connectivity index (χ0n) is 13.5. The van der Waals surface area contributed by atoms with Gasteiger partial charge in [-0.25, -0.2) is 4.79 Å². The van der Waals surface area contributed by atoms with E-state index in [0.29, 0.717) is 24.3 Å². The summed E-state index contributed by atoms with van der Waals surface area (Å²) in [7, 11) is 1.56. The monoisotopic (exact) mass is 332 g/mol. The predicted octanol–water partition coefficient (Wildman–Crippen LogP) is 1.57. The molecule has 7 nitrogen and oxygen atoms in total. The highest BCUT2D eigenvalue weighted by Gasteiger charge is 2.35. The number of carbonyl (C=O) groups is 2. The first-order chi connectivity index (χ1) is 11.6. The molecule has 1 saturated carbocycles. The minimum atomic E-state index is -0.816. The Morgan fingerprint density at radius 3 is 2.38 bits per heavy atom. The maximum absolute atomic E-state index is 11.8. The lowest BCUT2D eigenvalue weighted by molar-refractivity contribution is -0.150. The van der Waals surface area contributed by atoms with Crippen LogP contribution in [-0.4, -0.2) is 37.7 Å². The second kappa shape index (κ2) is 8.20. The number of ether oxygens (including phenoxy) is 3. The summed E-state index contributed by atoms with van der Waals surface area (Å²) in [6, 6.07) is 8.88. The maximum atomic E-state index is 11.8. The van der Waals surface area contributed by atoms with E-state index < -0.39 is 24.0 Å². The molecule has 0 saturated heterocycles. The second-order valence-electron chi connectivity index (χ2n) is 5.57. The molecule has 0 unspecified atom stereocenters. The molecule has 0 atom stereocenters. The first-order valence-corrected chi connectivity index (χ1v) is 7.72. The molecule has 2 rings (SSSR count). The summed E-state index contributed by atoms with van der Waals surface area (Å²) in [5.74, 6) is 0.0427. The second-order valence-corrected chi connectivity index (χ2v) is 5.57. The molecular weight excluding hydrogens is 312 g/mol. The molecule has 1 aromatic rings. The van der Waals surface area contributed by atoms with E-state index >= 15 is 0 Å². The van der Waals surface area contributed by atoms with Gasteiger partial charge in [0.15, 0.2) is 13.2 Å². The minimum Gasteiger partial charge on any atom is -0.497 e. The smallest absolute Gasteiger partial charge is 0.344 e. The van der Waals surface area contributed by atoms with Gasteiger partial charge in [0.2, 0.25) is 0 Å². The van der Waals surface area contributed by atoms with Crippen LogP contribution < -0.4 is 14.8 Å².